The van der Waals surface area contributed by atoms with Crippen LogP contribution < -0.4 is 15.4 Å². The van der Waals surface area contributed by atoms with Crippen molar-refractivity contribution >= 4 is 33.0 Å². The van der Waals surface area contributed by atoms with Crippen LogP contribution in [0, 0.1) is 0 Å². The van der Waals surface area contributed by atoms with E-state index in [1.54, 1.807) is 6.20 Å². The van der Waals surface area contributed by atoms with Crippen LogP contribution in [0.1, 0.15) is 65.9 Å². The predicted octanol–water partition coefficient (Wildman–Crippen LogP) is 3.99. The van der Waals surface area contributed by atoms with E-state index in [1.165, 1.54) is 16.1 Å². The van der Waals surface area contributed by atoms with Gasteiger partial charge >= 0.3 is 16.3 Å². The van der Waals surface area contributed by atoms with Gasteiger partial charge in [0.15, 0.2) is 0 Å². The molecule has 1 aliphatic heterocycles. The highest BCUT2D eigenvalue weighted by atomic mass is 32.2. The van der Waals surface area contributed by atoms with Crippen LogP contribution in [0.25, 0.3) is 4.91 Å². The van der Waals surface area contributed by atoms with Gasteiger partial charge in [-0.15, -0.1) is 0 Å². The van der Waals surface area contributed by atoms with E-state index in [2.05, 4.69) is 15.4 Å². The van der Waals surface area contributed by atoms with Crippen molar-refractivity contribution in [3.63, 3.8) is 0 Å². The molecule has 33 heavy (non-hydrogen) atoms. The second-order valence-corrected chi connectivity index (χ2v) is 12.5. The molecule has 3 N–H and O–H groups in total. The third-order valence-corrected chi connectivity index (χ3v) is 8.31. The molecule has 1 unspecified atom stereocenters. The van der Waals surface area contributed by atoms with E-state index in [9.17, 15) is 13.2 Å². The first-order chi connectivity index (χ1) is 15.4. The normalized spacial score (nSPS) is 24.0. The number of benzene rings is 1. The molecule has 1 heterocycles. The van der Waals surface area contributed by atoms with Crippen LogP contribution in [0.15, 0.2) is 36.5 Å². The lowest BCUT2D eigenvalue weighted by molar-refractivity contribution is 0.109. The monoisotopic (exact) mass is 496 g/mol. The number of carbonyl (C=O) groups excluding carboxylic acids is 1. The lowest BCUT2D eigenvalue weighted by Crippen LogP contribution is -2.54. The maximum absolute atomic E-state index is 13.2. The molecule has 0 saturated heterocycles. The summed E-state index contributed by atoms with van der Waals surface area (Å²) in [4.78, 5) is 12.8. The summed E-state index contributed by atoms with van der Waals surface area (Å²) >= 11 is 1.50. The van der Waals surface area contributed by atoms with Gasteiger partial charge in [-0.2, -0.15) is 13.1 Å². The fourth-order valence-corrected chi connectivity index (χ4v) is 6.98. The first-order valence-corrected chi connectivity index (χ1v) is 13.7. The average Bonchev–Trinajstić information content (AvgIpc) is 3.13. The molecular formula is C23H36N4O4S2. The van der Waals surface area contributed by atoms with E-state index < -0.39 is 21.2 Å². The largest absolute Gasteiger partial charge is 0.447 e. The molecule has 184 valence electrons. The van der Waals surface area contributed by atoms with Gasteiger partial charge in [-0.05, 0) is 65.9 Å². The summed E-state index contributed by atoms with van der Waals surface area (Å²) in [6.07, 6.45) is 4.48. The van der Waals surface area contributed by atoms with E-state index in [1.807, 2.05) is 65.0 Å². The topological polar surface area (TPSA) is 99.8 Å². The van der Waals surface area contributed by atoms with Crippen LogP contribution >= 0.6 is 11.8 Å². The van der Waals surface area contributed by atoms with Crippen molar-refractivity contribution < 1.29 is 17.9 Å². The van der Waals surface area contributed by atoms with E-state index >= 15 is 0 Å². The van der Waals surface area contributed by atoms with E-state index in [4.69, 9.17) is 4.74 Å². The van der Waals surface area contributed by atoms with Crippen LogP contribution in [0.4, 0.5) is 4.79 Å². The predicted molar refractivity (Wildman–Crippen MR) is 133 cm³/mol. The number of alkyl carbamates (subject to hydrolysis) is 1. The number of hydrogen-bond acceptors (Lipinski definition) is 6. The van der Waals surface area contributed by atoms with Gasteiger partial charge in [0.2, 0.25) is 0 Å². The zero-order valence-electron chi connectivity index (χ0n) is 20.0. The Hall–Kier alpha value is -1.75. The molecule has 1 aromatic rings. The zero-order valence-corrected chi connectivity index (χ0v) is 21.6. The minimum absolute atomic E-state index is 0.0749. The van der Waals surface area contributed by atoms with Gasteiger partial charge in [-0.1, -0.05) is 42.1 Å². The first-order valence-electron chi connectivity index (χ1n) is 11.4. The van der Waals surface area contributed by atoms with Crippen molar-refractivity contribution in [1.82, 2.24) is 19.7 Å². The fourth-order valence-electron chi connectivity index (χ4n) is 3.89. The molecule has 0 radical (unpaired) electrons. The van der Waals surface area contributed by atoms with Crippen LogP contribution in [0.5, 0.6) is 0 Å². The molecule has 1 saturated carbocycles. The molecule has 1 amide bonds. The Morgan fingerprint density at radius 2 is 1.70 bits per heavy atom. The lowest BCUT2D eigenvalue weighted by atomic mass is 9.91. The third kappa shape index (κ3) is 7.63. The summed E-state index contributed by atoms with van der Waals surface area (Å²) < 4.78 is 35.7. The number of carbonyl (C=O) groups is 1. The lowest BCUT2D eigenvalue weighted by Gasteiger charge is -2.34. The second-order valence-electron chi connectivity index (χ2n) is 9.83. The van der Waals surface area contributed by atoms with Crippen LogP contribution in [0.2, 0.25) is 0 Å². The van der Waals surface area contributed by atoms with E-state index in [0.717, 1.165) is 36.2 Å². The first kappa shape index (κ1) is 25.9. The summed E-state index contributed by atoms with van der Waals surface area (Å²) in [6.45, 7) is 9.14. The van der Waals surface area contributed by atoms with Gasteiger partial charge < -0.3 is 10.1 Å². The molecule has 1 aliphatic carbocycles. The van der Waals surface area contributed by atoms with Crippen molar-refractivity contribution in [3.8, 4) is 0 Å². The Balaban J connectivity index is 1.66. The SMILES string of the molecule is CC(C)OC(=O)NC1CCC(NC2SC(c3ccccc3)=CN2S(=O)(=O)NC(C)(C)C)CC1. The maximum atomic E-state index is 13.2. The van der Waals surface area contributed by atoms with E-state index in [-0.39, 0.29) is 24.3 Å². The Morgan fingerprint density at radius 1 is 1.09 bits per heavy atom. The summed E-state index contributed by atoms with van der Waals surface area (Å²) in [7, 11) is -3.75. The van der Waals surface area contributed by atoms with Gasteiger partial charge in [0.1, 0.15) is 5.50 Å². The van der Waals surface area contributed by atoms with Crippen molar-refractivity contribution in [2.45, 2.75) is 89.5 Å². The van der Waals surface area contributed by atoms with Crippen molar-refractivity contribution in [1.29, 1.82) is 0 Å². The summed E-state index contributed by atoms with van der Waals surface area (Å²) in [5, 5.41) is 6.47. The average molecular weight is 497 g/mol. The Morgan fingerprint density at radius 3 is 2.27 bits per heavy atom. The fraction of sp³-hybridized carbons (Fsp3) is 0.609. The van der Waals surface area contributed by atoms with Gasteiger partial charge in [0.05, 0.1) is 6.10 Å². The quantitative estimate of drug-likeness (QED) is 0.528. The van der Waals surface area contributed by atoms with Crippen molar-refractivity contribution in [2.75, 3.05) is 0 Å². The molecule has 1 aromatic carbocycles. The highest BCUT2D eigenvalue weighted by molar-refractivity contribution is 8.09. The van der Waals surface area contributed by atoms with Gasteiger partial charge in [0.25, 0.3) is 0 Å². The molecule has 3 rings (SSSR count). The molecule has 0 aromatic heterocycles. The zero-order chi connectivity index (χ0) is 24.2. The van der Waals surface area contributed by atoms with Crippen LogP contribution in [-0.2, 0) is 14.9 Å². The number of amides is 1. The number of thioether (sulfide) groups is 1. The third-order valence-electron chi connectivity index (χ3n) is 5.26. The standard InChI is InChI=1S/C23H36N4O4S2/c1-16(2)31-22(28)25-19-13-11-18(12-14-19)24-21-27(33(29,30)26-23(3,4)5)15-20(32-21)17-9-7-6-8-10-17/h6-10,15-16,18-19,21,24,26H,11-14H2,1-5H3,(H,25,28). The van der Waals surface area contributed by atoms with Crippen LogP contribution in [0.3, 0.4) is 0 Å². The van der Waals surface area contributed by atoms with Gasteiger partial charge in [-0.3, -0.25) is 5.32 Å². The molecule has 2 aliphatic rings. The Bertz CT molecular complexity index is 937. The van der Waals surface area contributed by atoms with Gasteiger partial charge in [-0.25, -0.2) is 9.10 Å². The Kier molecular flexibility index (Phi) is 8.36. The smallest absolute Gasteiger partial charge is 0.407 e. The number of rotatable bonds is 7. The minimum Gasteiger partial charge on any atom is -0.447 e. The summed E-state index contributed by atoms with van der Waals surface area (Å²) in [6, 6.07) is 10.0. The molecule has 10 heteroatoms. The molecule has 1 fully saturated rings. The maximum Gasteiger partial charge on any atom is 0.407 e. The summed E-state index contributed by atoms with van der Waals surface area (Å²) in [5.41, 5.74) is -0.0501. The number of hydrogen-bond donors (Lipinski definition) is 3. The van der Waals surface area contributed by atoms with E-state index in [0.29, 0.717) is 0 Å². The number of nitrogens with zero attached hydrogens (tertiary/aromatic N) is 1. The minimum atomic E-state index is -3.75. The van der Waals surface area contributed by atoms with Crippen LogP contribution in [-0.4, -0.2) is 48.0 Å². The Labute approximate surface area is 202 Å². The highest BCUT2D eigenvalue weighted by Crippen LogP contribution is 2.40. The molecular weight excluding hydrogens is 460 g/mol. The van der Waals surface area contributed by atoms with Crippen molar-refractivity contribution in [2.24, 2.45) is 0 Å². The molecule has 0 bridgehead atoms. The molecule has 1 atom stereocenters. The van der Waals surface area contributed by atoms with Gasteiger partial charge in [0, 0.05) is 28.7 Å². The number of nitrogens with one attached hydrogen (secondary N) is 3. The summed E-state index contributed by atoms with van der Waals surface area (Å²) in [5.74, 6) is 0. The highest BCUT2D eigenvalue weighted by Gasteiger charge is 2.38. The van der Waals surface area contributed by atoms with Crippen molar-refractivity contribution in [3.05, 3.63) is 42.1 Å². The molecule has 0 spiro atoms. The molecule has 8 nitrogen and oxygen atoms in total. The number of ether oxygens (including phenoxy) is 1. The second kappa shape index (κ2) is 10.7.